The van der Waals surface area contributed by atoms with Crippen LogP contribution in [0.5, 0.6) is 0 Å². The highest BCUT2D eigenvalue weighted by Gasteiger charge is 2.28. The molecule has 0 spiro atoms. The van der Waals surface area contributed by atoms with E-state index in [9.17, 15) is 9.59 Å². The van der Waals surface area contributed by atoms with Crippen molar-refractivity contribution in [1.82, 2.24) is 10.2 Å². The second-order valence-electron chi connectivity index (χ2n) is 5.68. The molecule has 1 aromatic rings. The summed E-state index contributed by atoms with van der Waals surface area (Å²) in [6.45, 7) is 5.02. The minimum absolute atomic E-state index is 0.0173. The highest BCUT2D eigenvalue weighted by atomic mass is 32.2. The third-order valence-corrected chi connectivity index (χ3v) is 4.83. The summed E-state index contributed by atoms with van der Waals surface area (Å²) in [5.74, 6) is 0.240. The number of aryl methyl sites for hydroxylation is 1. The van der Waals surface area contributed by atoms with E-state index in [0.717, 1.165) is 5.75 Å². The number of thioether (sulfide) groups is 1. The van der Waals surface area contributed by atoms with Gasteiger partial charge in [-0.3, -0.25) is 4.79 Å². The van der Waals surface area contributed by atoms with E-state index in [4.69, 9.17) is 10.5 Å². The number of nitrogens with one attached hydrogen (secondary N) is 1. The van der Waals surface area contributed by atoms with Gasteiger partial charge in [0.15, 0.2) is 6.10 Å². The molecule has 6 nitrogen and oxygen atoms in total. The molecule has 1 aliphatic rings. The molecule has 23 heavy (non-hydrogen) atoms. The second-order valence-corrected chi connectivity index (χ2v) is 6.78. The molecule has 3 amide bonds. The van der Waals surface area contributed by atoms with E-state index in [-0.39, 0.29) is 18.6 Å². The molecular weight excluding hydrogens is 314 g/mol. The lowest BCUT2D eigenvalue weighted by atomic mass is 10.2. The summed E-state index contributed by atoms with van der Waals surface area (Å²) < 4.78 is 5.24. The summed E-state index contributed by atoms with van der Waals surface area (Å²) in [5, 5.41) is 2.95. The van der Waals surface area contributed by atoms with E-state index < -0.39 is 12.0 Å². The van der Waals surface area contributed by atoms with Crippen LogP contribution in [0.4, 0.5) is 4.79 Å². The van der Waals surface area contributed by atoms with Gasteiger partial charge >= 0.3 is 6.03 Å². The van der Waals surface area contributed by atoms with Gasteiger partial charge in [0.1, 0.15) is 0 Å². The zero-order valence-corrected chi connectivity index (χ0v) is 14.3. The first-order valence-corrected chi connectivity index (χ1v) is 8.60. The quantitative estimate of drug-likeness (QED) is 0.795. The minimum atomic E-state index is -0.716. The third kappa shape index (κ3) is 5.44. The molecule has 2 atom stereocenters. The molecule has 3 N–H and O–H groups in total. The van der Waals surface area contributed by atoms with Gasteiger partial charge in [0.25, 0.3) is 0 Å². The Labute approximate surface area is 140 Å². The SMILES string of the molecule is Cc1ccc(SC[C@@H](C)NC(=O)N2CCO[C@@H](C(N)=O)C2)cc1. The number of rotatable bonds is 5. The Morgan fingerprint density at radius 3 is 2.78 bits per heavy atom. The Morgan fingerprint density at radius 1 is 1.43 bits per heavy atom. The van der Waals surface area contributed by atoms with Crippen molar-refractivity contribution < 1.29 is 14.3 Å². The zero-order valence-electron chi connectivity index (χ0n) is 13.5. The first-order chi connectivity index (χ1) is 11.0. The van der Waals surface area contributed by atoms with Gasteiger partial charge < -0.3 is 20.7 Å². The lowest BCUT2D eigenvalue weighted by Crippen LogP contribution is -2.54. The molecule has 0 aromatic heterocycles. The Balaban J connectivity index is 1.77. The maximum Gasteiger partial charge on any atom is 0.317 e. The molecule has 1 saturated heterocycles. The van der Waals surface area contributed by atoms with Crippen molar-refractivity contribution in [2.24, 2.45) is 5.73 Å². The molecule has 1 aromatic carbocycles. The standard InChI is InChI=1S/C16H23N3O3S/c1-11-3-5-13(6-4-11)23-10-12(2)18-16(21)19-7-8-22-14(9-19)15(17)20/h3-6,12,14H,7-10H2,1-2H3,(H2,17,20)(H,18,21)/t12-,14-/m1/s1. The van der Waals surface area contributed by atoms with Crippen molar-refractivity contribution in [3.05, 3.63) is 29.8 Å². The number of urea groups is 1. The molecule has 0 aliphatic carbocycles. The molecule has 7 heteroatoms. The molecule has 1 aliphatic heterocycles. The number of benzene rings is 1. The third-order valence-electron chi connectivity index (χ3n) is 3.56. The largest absolute Gasteiger partial charge is 0.367 e. The van der Waals surface area contributed by atoms with Crippen molar-refractivity contribution in [2.75, 3.05) is 25.4 Å². The first-order valence-electron chi connectivity index (χ1n) is 7.61. The van der Waals surface area contributed by atoms with E-state index in [1.54, 1.807) is 16.7 Å². The second kappa shape index (κ2) is 8.21. The van der Waals surface area contributed by atoms with Gasteiger partial charge in [-0.05, 0) is 26.0 Å². The number of nitrogens with zero attached hydrogens (tertiary/aromatic N) is 1. The number of primary amides is 1. The number of amides is 3. The summed E-state index contributed by atoms with van der Waals surface area (Å²) in [7, 11) is 0. The Bertz CT molecular complexity index is 550. The summed E-state index contributed by atoms with van der Waals surface area (Å²) in [5.41, 5.74) is 6.46. The van der Waals surface area contributed by atoms with Crippen LogP contribution >= 0.6 is 11.8 Å². The molecule has 0 radical (unpaired) electrons. The molecule has 2 rings (SSSR count). The number of nitrogens with two attached hydrogens (primary N) is 1. The number of morpholine rings is 1. The van der Waals surface area contributed by atoms with Gasteiger partial charge in [-0.15, -0.1) is 11.8 Å². The van der Waals surface area contributed by atoms with Crippen LogP contribution in [-0.2, 0) is 9.53 Å². The smallest absolute Gasteiger partial charge is 0.317 e. The molecule has 1 fully saturated rings. The van der Waals surface area contributed by atoms with Crippen LogP contribution in [0.25, 0.3) is 0 Å². The summed E-state index contributed by atoms with van der Waals surface area (Å²) >= 11 is 1.70. The number of carbonyl (C=O) groups is 2. The van der Waals surface area contributed by atoms with E-state index in [2.05, 4.69) is 36.5 Å². The summed E-state index contributed by atoms with van der Waals surface area (Å²) in [4.78, 5) is 26.1. The van der Waals surface area contributed by atoms with Crippen LogP contribution in [0.1, 0.15) is 12.5 Å². The van der Waals surface area contributed by atoms with E-state index >= 15 is 0 Å². The molecule has 0 saturated carbocycles. The topological polar surface area (TPSA) is 84.7 Å². The highest BCUT2D eigenvalue weighted by Crippen LogP contribution is 2.19. The first kappa shape index (κ1) is 17.6. The van der Waals surface area contributed by atoms with Crippen molar-refractivity contribution in [2.45, 2.75) is 30.9 Å². The van der Waals surface area contributed by atoms with E-state index in [1.807, 2.05) is 6.92 Å². The maximum atomic E-state index is 12.2. The average molecular weight is 337 g/mol. The van der Waals surface area contributed by atoms with Crippen LogP contribution in [0.3, 0.4) is 0 Å². The van der Waals surface area contributed by atoms with Crippen LogP contribution < -0.4 is 11.1 Å². The number of carbonyl (C=O) groups excluding carboxylic acids is 2. The van der Waals surface area contributed by atoms with Crippen LogP contribution in [0.2, 0.25) is 0 Å². The lowest BCUT2D eigenvalue weighted by molar-refractivity contribution is -0.133. The number of ether oxygens (including phenoxy) is 1. The number of hydrogen-bond acceptors (Lipinski definition) is 4. The van der Waals surface area contributed by atoms with Crippen LogP contribution in [0, 0.1) is 6.92 Å². The molecule has 0 unspecified atom stereocenters. The molecule has 126 valence electrons. The Morgan fingerprint density at radius 2 is 2.13 bits per heavy atom. The molecule has 1 heterocycles. The van der Waals surface area contributed by atoms with Crippen LogP contribution in [0.15, 0.2) is 29.2 Å². The fraction of sp³-hybridized carbons (Fsp3) is 0.500. The van der Waals surface area contributed by atoms with Crippen molar-refractivity contribution in [3.8, 4) is 0 Å². The van der Waals surface area contributed by atoms with Gasteiger partial charge in [0.2, 0.25) is 5.91 Å². The van der Waals surface area contributed by atoms with E-state index in [0.29, 0.717) is 13.2 Å². The van der Waals surface area contributed by atoms with Gasteiger partial charge in [0, 0.05) is 23.2 Å². The highest BCUT2D eigenvalue weighted by molar-refractivity contribution is 7.99. The minimum Gasteiger partial charge on any atom is -0.367 e. The number of hydrogen-bond donors (Lipinski definition) is 2. The van der Waals surface area contributed by atoms with Gasteiger partial charge in [-0.2, -0.15) is 0 Å². The predicted molar refractivity (Wildman–Crippen MR) is 90.4 cm³/mol. The normalized spacial score (nSPS) is 19.2. The molecule has 0 bridgehead atoms. The van der Waals surface area contributed by atoms with Gasteiger partial charge in [-0.25, -0.2) is 4.79 Å². The van der Waals surface area contributed by atoms with E-state index in [1.165, 1.54) is 10.5 Å². The van der Waals surface area contributed by atoms with Crippen molar-refractivity contribution in [1.29, 1.82) is 0 Å². The zero-order chi connectivity index (χ0) is 16.8. The maximum absolute atomic E-state index is 12.2. The monoisotopic (exact) mass is 337 g/mol. The Kier molecular flexibility index (Phi) is 6.29. The average Bonchev–Trinajstić information content (AvgIpc) is 2.54. The molecular formula is C16H23N3O3S. The van der Waals surface area contributed by atoms with Crippen molar-refractivity contribution in [3.63, 3.8) is 0 Å². The fourth-order valence-electron chi connectivity index (χ4n) is 2.21. The van der Waals surface area contributed by atoms with Gasteiger partial charge in [-0.1, -0.05) is 17.7 Å². The van der Waals surface area contributed by atoms with Gasteiger partial charge in [0.05, 0.1) is 13.2 Å². The summed E-state index contributed by atoms with van der Waals surface area (Å²) in [6.07, 6.45) is -0.716. The predicted octanol–water partition coefficient (Wildman–Crippen LogP) is 1.37. The lowest BCUT2D eigenvalue weighted by Gasteiger charge is -2.32. The Hall–Kier alpha value is -1.73. The summed E-state index contributed by atoms with van der Waals surface area (Å²) in [6, 6.07) is 8.13. The van der Waals surface area contributed by atoms with Crippen LogP contribution in [-0.4, -0.2) is 54.4 Å². The van der Waals surface area contributed by atoms with Crippen molar-refractivity contribution >= 4 is 23.7 Å². The fourth-order valence-corrected chi connectivity index (χ4v) is 3.06.